The maximum absolute atomic E-state index is 11.5. The van der Waals surface area contributed by atoms with Crippen LogP contribution in [0.1, 0.15) is 72.4 Å². The maximum atomic E-state index is 11.5. The van der Waals surface area contributed by atoms with Gasteiger partial charge in [0.1, 0.15) is 5.75 Å². The molecular weight excluding hydrogens is 288 g/mol. The highest BCUT2D eigenvalue weighted by atomic mass is 16.4. The lowest BCUT2D eigenvalue weighted by Gasteiger charge is -2.31. The fourth-order valence-corrected chi connectivity index (χ4v) is 3.24. The van der Waals surface area contributed by atoms with Crippen LogP contribution in [0.2, 0.25) is 0 Å². The Kier molecular flexibility index (Phi) is 5.35. The molecule has 2 N–H and O–H groups in total. The van der Waals surface area contributed by atoms with Crippen LogP contribution in [0.3, 0.4) is 0 Å². The molecule has 128 valence electrons. The Morgan fingerprint density at radius 2 is 1.61 bits per heavy atom. The van der Waals surface area contributed by atoms with Crippen molar-refractivity contribution in [3.63, 3.8) is 0 Å². The van der Waals surface area contributed by atoms with Crippen LogP contribution in [-0.4, -0.2) is 16.2 Å². The lowest BCUT2D eigenvalue weighted by Crippen LogP contribution is -2.20. The van der Waals surface area contributed by atoms with E-state index in [-0.39, 0.29) is 22.5 Å². The highest BCUT2D eigenvalue weighted by Gasteiger charge is 2.29. The number of hydrogen-bond acceptors (Lipinski definition) is 2. The van der Waals surface area contributed by atoms with Gasteiger partial charge in [-0.2, -0.15) is 0 Å². The summed E-state index contributed by atoms with van der Waals surface area (Å²) in [5.41, 5.74) is 2.79. The molecule has 1 atom stereocenters. The average Bonchev–Trinajstić information content (AvgIpc) is 2.35. The fourth-order valence-electron chi connectivity index (χ4n) is 3.24. The van der Waals surface area contributed by atoms with E-state index in [1.807, 2.05) is 39.8 Å². The second kappa shape index (κ2) is 6.38. The number of allylic oxidation sites excluding steroid dienone is 1. The van der Waals surface area contributed by atoms with Crippen LogP contribution in [-0.2, 0) is 10.2 Å². The van der Waals surface area contributed by atoms with Crippen molar-refractivity contribution in [3.05, 3.63) is 40.5 Å². The summed E-state index contributed by atoms with van der Waals surface area (Å²) in [7, 11) is 0. The molecule has 0 spiro atoms. The average molecular weight is 318 g/mol. The molecule has 0 saturated carbocycles. The lowest BCUT2D eigenvalue weighted by molar-refractivity contribution is -0.132. The third-order valence-corrected chi connectivity index (χ3v) is 4.29. The van der Waals surface area contributed by atoms with Gasteiger partial charge in [-0.1, -0.05) is 60.6 Å². The van der Waals surface area contributed by atoms with Gasteiger partial charge in [-0.15, -0.1) is 0 Å². The minimum absolute atomic E-state index is 0.0344. The number of phenols is 1. The summed E-state index contributed by atoms with van der Waals surface area (Å²) in [6.07, 6.45) is 0. The van der Waals surface area contributed by atoms with E-state index in [0.29, 0.717) is 5.57 Å². The van der Waals surface area contributed by atoms with Gasteiger partial charge < -0.3 is 10.2 Å². The number of aliphatic carboxylic acids is 1. The Morgan fingerprint density at radius 1 is 1.09 bits per heavy atom. The summed E-state index contributed by atoms with van der Waals surface area (Å²) in [6, 6.07) is 5.60. The zero-order valence-corrected chi connectivity index (χ0v) is 15.6. The Hall–Kier alpha value is -1.77. The van der Waals surface area contributed by atoms with Crippen molar-refractivity contribution in [2.45, 2.75) is 66.7 Å². The molecule has 0 bridgehead atoms. The van der Waals surface area contributed by atoms with Crippen LogP contribution in [0, 0.1) is 5.41 Å². The van der Waals surface area contributed by atoms with Crippen LogP contribution in [0.25, 0.3) is 0 Å². The fraction of sp³-hybridized carbons (Fsp3) is 0.550. The van der Waals surface area contributed by atoms with E-state index in [1.165, 1.54) is 0 Å². The molecule has 0 amide bonds. The smallest absolute Gasteiger partial charge is 0.331 e. The number of carboxylic acids is 1. The molecule has 0 saturated heterocycles. The van der Waals surface area contributed by atoms with Gasteiger partial charge in [-0.25, -0.2) is 4.79 Å². The van der Waals surface area contributed by atoms with Gasteiger partial charge in [0.05, 0.1) is 0 Å². The van der Waals surface area contributed by atoms with Crippen molar-refractivity contribution < 1.29 is 15.0 Å². The third-order valence-electron chi connectivity index (χ3n) is 4.29. The number of carboxylic acid groups (broad SMARTS) is 1. The summed E-state index contributed by atoms with van der Waals surface area (Å²) >= 11 is 0. The van der Waals surface area contributed by atoms with E-state index in [9.17, 15) is 15.0 Å². The molecule has 0 aliphatic heterocycles. The van der Waals surface area contributed by atoms with Crippen molar-refractivity contribution in [1.29, 1.82) is 0 Å². The van der Waals surface area contributed by atoms with E-state index < -0.39 is 5.97 Å². The number of phenolic OH excluding ortho intramolecular Hbond substituents is 1. The normalized spacial score (nSPS) is 15.1. The van der Waals surface area contributed by atoms with Crippen LogP contribution >= 0.6 is 0 Å². The topological polar surface area (TPSA) is 57.5 Å². The monoisotopic (exact) mass is 318 g/mol. The van der Waals surface area contributed by atoms with Gasteiger partial charge in [-0.3, -0.25) is 0 Å². The third kappa shape index (κ3) is 4.37. The summed E-state index contributed by atoms with van der Waals surface area (Å²) in [5, 5.41) is 19.6. The minimum Gasteiger partial charge on any atom is -0.508 e. The van der Waals surface area contributed by atoms with Gasteiger partial charge in [0.15, 0.2) is 0 Å². The number of benzene rings is 1. The molecule has 0 aliphatic carbocycles. The first-order valence-corrected chi connectivity index (χ1v) is 8.04. The molecule has 0 aliphatic rings. The molecule has 0 aromatic heterocycles. The van der Waals surface area contributed by atoms with Gasteiger partial charge in [-0.05, 0) is 40.5 Å². The maximum Gasteiger partial charge on any atom is 0.331 e. The molecule has 1 aromatic carbocycles. The summed E-state index contributed by atoms with van der Waals surface area (Å²) in [5.74, 6) is -0.630. The van der Waals surface area contributed by atoms with Gasteiger partial charge in [0.2, 0.25) is 0 Å². The minimum atomic E-state index is -0.878. The first-order chi connectivity index (χ1) is 10.3. The molecule has 0 radical (unpaired) electrons. The van der Waals surface area contributed by atoms with E-state index in [4.69, 9.17) is 0 Å². The van der Waals surface area contributed by atoms with E-state index in [0.717, 1.165) is 16.7 Å². The quantitative estimate of drug-likeness (QED) is 0.749. The zero-order valence-electron chi connectivity index (χ0n) is 15.6. The predicted octanol–water partition coefficient (Wildman–Crippen LogP) is 5.24. The highest BCUT2D eigenvalue weighted by Crippen LogP contribution is 2.41. The van der Waals surface area contributed by atoms with Gasteiger partial charge >= 0.3 is 5.97 Å². The predicted molar refractivity (Wildman–Crippen MR) is 95.0 cm³/mol. The molecule has 3 nitrogen and oxygen atoms in total. The van der Waals surface area contributed by atoms with Gasteiger partial charge in [0.25, 0.3) is 0 Å². The second-order valence-electron chi connectivity index (χ2n) is 8.34. The van der Waals surface area contributed by atoms with Gasteiger partial charge in [0, 0.05) is 11.5 Å². The van der Waals surface area contributed by atoms with Crippen molar-refractivity contribution in [2.75, 3.05) is 0 Å². The number of carbonyl (C=O) groups is 1. The number of aromatic hydroxyl groups is 1. The van der Waals surface area contributed by atoms with Crippen molar-refractivity contribution in [3.8, 4) is 5.75 Å². The molecule has 23 heavy (non-hydrogen) atoms. The largest absolute Gasteiger partial charge is 0.508 e. The van der Waals surface area contributed by atoms with Crippen LogP contribution in [0.5, 0.6) is 5.75 Å². The molecule has 0 heterocycles. The SMILES string of the molecule is CC(C(=O)O)=C(C(C)c1ccc(O)c(C(C)(C)C)c1)C(C)(C)C. The van der Waals surface area contributed by atoms with Crippen LogP contribution < -0.4 is 0 Å². The van der Waals surface area contributed by atoms with E-state index in [1.54, 1.807) is 13.0 Å². The Morgan fingerprint density at radius 3 is 2.00 bits per heavy atom. The van der Waals surface area contributed by atoms with E-state index in [2.05, 4.69) is 20.8 Å². The van der Waals surface area contributed by atoms with Crippen LogP contribution in [0.15, 0.2) is 29.3 Å². The first-order valence-electron chi connectivity index (χ1n) is 8.04. The highest BCUT2D eigenvalue weighted by molar-refractivity contribution is 5.87. The summed E-state index contributed by atoms with van der Waals surface area (Å²) in [4.78, 5) is 11.5. The zero-order chi connectivity index (χ0) is 18.2. The Labute approximate surface area is 140 Å². The number of hydrogen-bond donors (Lipinski definition) is 2. The van der Waals surface area contributed by atoms with E-state index >= 15 is 0 Å². The first kappa shape index (κ1) is 19.3. The molecule has 1 aromatic rings. The summed E-state index contributed by atoms with van der Waals surface area (Å²) in [6.45, 7) is 16.0. The number of rotatable bonds is 3. The van der Waals surface area contributed by atoms with Crippen molar-refractivity contribution >= 4 is 5.97 Å². The van der Waals surface area contributed by atoms with Crippen LogP contribution in [0.4, 0.5) is 0 Å². The molecular formula is C20H30O3. The molecule has 0 fully saturated rings. The lowest BCUT2D eigenvalue weighted by atomic mass is 9.73. The Bertz CT molecular complexity index is 625. The molecule has 3 heteroatoms. The molecule has 1 rings (SSSR count). The summed E-state index contributed by atoms with van der Waals surface area (Å²) < 4.78 is 0. The standard InChI is InChI=1S/C20H30O3/c1-12(17(20(6,7)8)13(2)18(22)23)14-9-10-16(21)15(11-14)19(3,4)5/h9-12,21H,1-8H3,(H,22,23). The Balaban J connectivity index is 3.51. The second-order valence-corrected chi connectivity index (χ2v) is 8.34. The van der Waals surface area contributed by atoms with Crippen molar-refractivity contribution in [2.24, 2.45) is 5.41 Å². The molecule has 1 unspecified atom stereocenters. The van der Waals surface area contributed by atoms with Crippen molar-refractivity contribution in [1.82, 2.24) is 0 Å².